The van der Waals surface area contributed by atoms with E-state index in [0.717, 1.165) is 16.2 Å². The smallest absolute Gasteiger partial charge is 0.224 e. The van der Waals surface area contributed by atoms with E-state index in [-0.39, 0.29) is 24.7 Å². The van der Waals surface area contributed by atoms with Crippen molar-refractivity contribution >= 4 is 28.8 Å². The average Bonchev–Trinajstić information content (AvgIpc) is 3.25. The molecule has 144 valence electrons. The van der Waals surface area contributed by atoms with Gasteiger partial charge in [-0.05, 0) is 41.3 Å². The van der Waals surface area contributed by atoms with Crippen LogP contribution in [0.4, 0.5) is 5.69 Å². The summed E-state index contributed by atoms with van der Waals surface area (Å²) in [5, 5.41) is 7.57. The zero-order chi connectivity index (χ0) is 19.6. The summed E-state index contributed by atoms with van der Waals surface area (Å²) in [4.78, 5) is 24.9. The zero-order valence-corrected chi connectivity index (χ0v) is 16.2. The molecule has 0 aliphatic carbocycles. The monoisotopic (exact) mass is 394 g/mol. The zero-order valence-electron chi connectivity index (χ0n) is 15.4. The van der Waals surface area contributed by atoms with E-state index in [1.54, 1.807) is 23.5 Å². The molecule has 2 N–H and O–H groups in total. The Labute approximate surface area is 168 Å². The fraction of sp³-hybridized carbons (Fsp3) is 0.182. The van der Waals surface area contributed by atoms with E-state index in [9.17, 15) is 9.59 Å². The first-order valence-electron chi connectivity index (χ1n) is 9.05. The summed E-state index contributed by atoms with van der Waals surface area (Å²) in [6.07, 6.45) is 0.304. The molecule has 28 heavy (non-hydrogen) atoms. The Morgan fingerprint density at radius 2 is 1.61 bits per heavy atom. The number of carbonyl (C=O) groups is 2. The van der Waals surface area contributed by atoms with Gasteiger partial charge in [0, 0.05) is 23.4 Å². The summed E-state index contributed by atoms with van der Waals surface area (Å²) in [6.45, 7) is 0.996. The summed E-state index contributed by atoms with van der Waals surface area (Å²) in [6, 6.07) is 21.0. The van der Waals surface area contributed by atoms with Crippen LogP contribution in [0, 0.1) is 0 Å². The number of thiophene rings is 1. The van der Waals surface area contributed by atoms with Gasteiger partial charge in [0.05, 0.1) is 6.54 Å². The first-order valence-corrected chi connectivity index (χ1v) is 9.93. The molecule has 0 radical (unpaired) electrons. The van der Waals surface area contributed by atoms with Gasteiger partial charge in [-0.1, -0.05) is 36.4 Å². The van der Waals surface area contributed by atoms with Crippen molar-refractivity contribution in [1.82, 2.24) is 5.32 Å². The van der Waals surface area contributed by atoms with E-state index < -0.39 is 0 Å². The van der Waals surface area contributed by atoms with Crippen molar-refractivity contribution in [2.75, 3.05) is 5.32 Å². The van der Waals surface area contributed by atoms with Crippen molar-refractivity contribution in [3.05, 3.63) is 82.6 Å². The molecular weight excluding hydrogens is 372 g/mol. The van der Waals surface area contributed by atoms with E-state index in [2.05, 4.69) is 10.6 Å². The van der Waals surface area contributed by atoms with Gasteiger partial charge in [-0.25, -0.2) is 0 Å². The minimum Gasteiger partial charge on any atom is -0.489 e. The Morgan fingerprint density at radius 1 is 0.857 bits per heavy atom. The predicted octanol–water partition coefficient (Wildman–Crippen LogP) is 4.36. The van der Waals surface area contributed by atoms with Crippen molar-refractivity contribution in [2.45, 2.75) is 26.0 Å². The Morgan fingerprint density at radius 3 is 2.32 bits per heavy atom. The predicted molar refractivity (Wildman–Crippen MR) is 111 cm³/mol. The maximum atomic E-state index is 12.0. The lowest BCUT2D eigenvalue weighted by Crippen LogP contribution is -2.24. The summed E-state index contributed by atoms with van der Waals surface area (Å²) >= 11 is 1.59. The van der Waals surface area contributed by atoms with Crippen molar-refractivity contribution in [3.63, 3.8) is 0 Å². The topological polar surface area (TPSA) is 67.4 Å². The van der Waals surface area contributed by atoms with Crippen LogP contribution in [0.25, 0.3) is 0 Å². The van der Waals surface area contributed by atoms with Crippen molar-refractivity contribution < 1.29 is 14.3 Å². The van der Waals surface area contributed by atoms with Gasteiger partial charge in [0.1, 0.15) is 12.4 Å². The molecule has 3 rings (SSSR count). The van der Waals surface area contributed by atoms with Crippen LogP contribution < -0.4 is 15.4 Å². The molecule has 0 spiro atoms. The summed E-state index contributed by atoms with van der Waals surface area (Å²) in [5.41, 5.74) is 1.77. The van der Waals surface area contributed by atoms with E-state index in [4.69, 9.17) is 4.74 Å². The number of anilines is 1. The number of carbonyl (C=O) groups excluding carboxylic acids is 2. The largest absolute Gasteiger partial charge is 0.489 e. The van der Waals surface area contributed by atoms with Crippen LogP contribution in [0.2, 0.25) is 0 Å². The van der Waals surface area contributed by atoms with E-state index in [1.807, 2.05) is 60.0 Å². The lowest BCUT2D eigenvalue weighted by atomic mass is 10.2. The fourth-order valence-electron chi connectivity index (χ4n) is 2.51. The Hall–Kier alpha value is -3.12. The van der Waals surface area contributed by atoms with Crippen LogP contribution in [0.15, 0.2) is 72.1 Å². The van der Waals surface area contributed by atoms with Crippen LogP contribution in [-0.2, 0) is 22.7 Å². The Bertz CT molecular complexity index is 878. The SMILES string of the molecule is O=C(CCC(=O)Nc1ccc(OCc2ccccc2)cc1)NCc1cccs1. The molecular formula is C22H22N2O3S. The van der Waals surface area contributed by atoms with Crippen LogP contribution in [-0.4, -0.2) is 11.8 Å². The van der Waals surface area contributed by atoms with Crippen LogP contribution >= 0.6 is 11.3 Å². The summed E-state index contributed by atoms with van der Waals surface area (Å²) < 4.78 is 5.72. The second-order valence-electron chi connectivity index (χ2n) is 6.20. The van der Waals surface area contributed by atoms with Crippen LogP contribution in [0.5, 0.6) is 5.75 Å². The standard InChI is InChI=1S/C22H22N2O3S/c25-21(23-15-20-7-4-14-28-20)12-13-22(26)24-18-8-10-19(11-9-18)27-16-17-5-2-1-3-6-17/h1-11,14H,12-13,15-16H2,(H,23,25)(H,24,26). The molecule has 0 unspecified atom stereocenters. The van der Waals surface area contributed by atoms with Gasteiger partial charge >= 0.3 is 0 Å². The third-order valence-electron chi connectivity index (χ3n) is 4.01. The van der Waals surface area contributed by atoms with E-state index in [1.165, 1.54) is 0 Å². The molecule has 0 fully saturated rings. The molecule has 0 aliphatic heterocycles. The normalized spacial score (nSPS) is 10.3. The van der Waals surface area contributed by atoms with Gasteiger partial charge in [0.2, 0.25) is 11.8 Å². The molecule has 0 bridgehead atoms. The van der Waals surface area contributed by atoms with E-state index >= 15 is 0 Å². The second-order valence-corrected chi connectivity index (χ2v) is 7.24. The molecule has 2 aromatic carbocycles. The van der Waals surface area contributed by atoms with Crippen molar-refractivity contribution in [1.29, 1.82) is 0 Å². The van der Waals surface area contributed by atoms with Crippen molar-refractivity contribution in [3.8, 4) is 5.75 Å². The molecule has 3 aromatic rings. The molecule has 0 saturated heterocycles. The lowest BCUT2D eigenvalue weighted by Gasteiger charge is -2.09. The molecule has 1 aromatic heterocycles. The van der Waals surface area contributed by atoms with Gasteiger partial charge in [-0.15, -0.1) is 11.3 Å². The number of hydrogen-bond donors (Lipinski definition) is 2. The molecule has 0 aliphatic rings. The molecule has 0 atom stereocenters. The maximum Gasteiger partial charge on any atom is 0.224 e. The molecule has 1 heterocycles. The highest BCUT2D eigenvalue weighted by Gasteiger charge is 2.08. The number of nitrogens with one attached hydrogen (secondary N) is 2. The van der Waals surface area contributed by atoms with Gasteiger partial charge in [-0.3, -0.25) is 9.59 Å². The highest BCUT2D eigenvalue weighted by atomic mass is 32.1. The first-order chi connectivity index (χ1) is 13.7. The number of amides is 2. The first kappa shape index (κ1) is 19.6. The molecule has 5 nitrogen and oxygen atoms in total. The minimum absolute atomic E-state index is 0.131. The molecule has 0 saturated carbocycles. The number of ether oxygens (including phenoxy) is 1. The maximum absolute atomic E-state index is 12.0. The third kappa shape index (κ3) is 6.55. The average molecular weight is 394 g/mol. The number of hydrogen-bond acceptors (Lipinski definition) is 4. The Kier molecular flexibility index (Phi) is 7.21. The third-order valence-corrected chi connectivity index (χ3v) is 4.88. The quantitative estimate of drug-likeness (QED) is 0.567. The highest BCUT2D eigenvalue weighted by molar-refractivity contribution is 7.09. The van der Waals surface area contributed by atoms with Crippen LogP contribution in [0.1, 0.15) is 23.3 Å². The van der Waals surface area contributed by atoms with Gasteiger partial charge < -0.3 is 15.4 Å². The highest BCUT2D eigenvalue weighted by Crippen LogP contribution is 2.17. The Balaban J connectivity index is 1.37. The molecule has 2 amide bonds. The summed E-state index contributed by atoms with van der Waals surface area (Å²) in [5.74, 6) is 0.409. The lowest BCUT2D eigenvalue weighted by molar-refractivity contribution is -0.124. The van der Waals surface area contributed by atoms with Gasteiger partial charge in [0.15, 0.2) is 0 Å². The fourth-order valence-corrected chi connectivity index (χ4v) is 3.16. The molecule has 6 heteroatoms. The minimum atomic E-state index is -0.191. The van der Waals surface area contributed by atoms with Gasteiger partial charge in [0.25, 0.3) is 0 Å². The van der Waals surface area contributed by atoms with Crippen LogP contribution in [0.3, 0.4) is 0 Å². The van der Waals surface area contributed by atoms with Crippen molar-refractivity contribution in [2.24, 2.45) is 0 Å². The van der Waals surface area contributed by atoms with E-state index in [0.29, 0.717) is 18.8 Å². The van der Waals surface area contributed by atoms with Gasteiger partial charge in [-0.2, -0.15) is 0 Å². The second kappa shape index (κ2) is 10.3. The summed E-state index contributed by atoms with van der Waals surface area (Å²) in [7, 11) is 0. The number of benzene rings is 2. The number of rotatable bonds is 9.